The maximum atomic E-state index is 12.1. The Bertz CT molecular complexity index is 733. The molecule has 6 nitrogen and oxygen atoms in total. The van der Waals surface area contributed by atoms with Gasteiger partial charge in [-0.05, 0) is 57.1 Å². The van der Waals surface area contributed by atoms with E-state index in [1.54, 1.807) is 0 Å². The maximum absolute atomic E-state index is 12.1. The number of urea groups is 1. The van der Waals surface area contributed by atoms with Crippen LogP contribution < -0.4 is 10.6 Å². The standard InChI is InChI=1S/C21H33N5O/c1-3-5-6-7-12-22-21(27)23-17-8-9-19-18(15-17)20(25-24-19)16-10-13-26(4-2)14-11-16/h8-9,15-16H,3-7,10-14H2,1-2H3,(H,24,25)(H2,22,23,27). The molecule has 0 saturated carbocycles. The molecule has 2 heterocycles. The summed E-state index contributed by atoms with van der Waals surface area (Å²) < 4.78 is 0. The molecule has 0 unspecified atom stereocenters. The highest BCUT2D eigenvalue weighted by atomic mass is 16.2. The molecule has 3 rings (SSSR count). The number of unbranched alkanes of at least 4 members (excludes halogenated alkanes) is 3. The number of nitrogens with one attached hydrogen (secondary N) is 3. The lowest BCUT2D eigenvalue weighted by Crippen LogP contribution is -2.32. The van der Waals surface area contributed by atoms with Crippen molar-refractivity contribution in [3.63, 3.8) is 0 Å². The number of carbonyl (C=O) groups excluding carboxylic acids is 1. The van der Waals surface area contributed by atoms with Crippen molar-refractivity contribution < 1.29 is 4.79 Å². The Labute approximate surface area is 162 Å². The van der Waals surface area contributed by atoms with Crippen molar-refractivity contribution in [3.05, 3.63) is 23.9 Å². The van der Waals surface area contributed by atoms with E-state index in [1.807, 2.05) is 12.1 Å². The van der Waals surface area contributed by atoms with Gasteiger partial charge < -0.3 is 15.5 Å². The van der Waals surface area contributed by atoms with Crippen LogP contribution in [0.25, 0.3) is 10.9 Å². The second-order valence-electron chi connectivity index (χ2n) is 7.52. The molecule has 27 heavy (non-hydrogen) atoms. The summed E-state index contributed by atoms with van der Waals surface area (Å²) in [4.78, 5) is 14.6. The Balaban J connectivity index is 1.60. The minimum absolute atomic E-state index is 0.132. The summed E-state index contributed by atoms with van der Waals surface area (Å²) in [6.07, 6.45) is 6.91. The fourth-order valence-corrected chi connectivity index (χ4v) is 3.87. The van der Waals surface area contributed by atoms with Gasteiger partial charge in [0.05, 0.1) is 11.2 Å². The van der Waals surface area contributed by atoms with Gasteiger partial charge in [-0.25, -0.2) is 4.79 Å². The van der Waals surface area contributed by atoms with E-state index in [0.29, 0.717) is 5.92 Å². The van der Waals surface area contributed by atoms with Gasteiger partial charge in [0.2, 0.25) is 0 Å². The third-order valence-corrected chi connectivity index (χ3v) is 5.59. The number of rotatable bonds is 8. The van der Waals surface area contributed by atoms with Crippen molar-refractivity contribution in [2.45, 2.75) is 58.3 Å². The Morgan fingerprint density at radius 2 is 2.04 bits per heavy atom. The molecule has 1 fully saturated rings. The number of H-pyrrole nitrogens is 1. The molecule has 2 aromatic rings. The van der Waals surface area contributed by atoms with Crippen molar-refractivity contribution in [2.75, 3.05) is 31.5 Å². The molecule has 1 aliphatic heterocycles. The molecule has 3 N–H and O–H groups in total. The monoisotopic (exact) mass is 371 g/mol. The van der Waals surface area contributed by atoms with Crippen LogP contribution in [0.2, 0.25) is 0 Å². The van der Waals surface area contributed by atoms with E-state index in [0.717, 1.165) is 74.1 Å². The van der Waals surface area contributed by atoms with Gasteiger partial charge in [0.25, 0.3) is 0 Å². The molecule has 1 aromatic carbocycles. The first-order valence-electron chi connectivity index (χ1n) is 10.5. The first kappa shape index (κ1) is 19.7. The summed E-state index contributed by atoms with van der Waals surface area (Å²) in [5, 5.41) is 14.8. The summed E-state index contributed by atoms with van der Waals surface area (Å²) in [5.41, 5.74) is 3.00. The van der Waals surface area contributed by atoms with E-state index in [2.05, 4.69) is 45.6 Å². The molecule has 6 heteroatoms. The van der Waals surface area contributed by atoms with E-state index in [4.69, 9.17) is 0 Å². The summed E-state index contributed by atoms with van der Waals surface area (Å²) in [7, 11) is 0. The highest BCUT2D eigenvalue weighted by molar-refractivity contribution is 5.93. The second kappa shape index (κ2) is 9.74. The van der Waals surface area contributed by atoms with E-state index in [9.17, 15) is 4.79 Å². The molecule has 0 bridgehead atoms. The van der Waals surface area contributed by atoms with Gasteiger partial charge in [-0.1, -0.05) is 33.1 Å². The topological polar surface area (TPSA) is 73.0 Å². The lowest BCUT2D eigenvalue weighted by atomic mass is 9.91. The largest absolute Gasteiger partial charge is 0.338 e. The molecule has 1 aliphatic rings. The quantitative estimate of drug-likeness (QED) is 0.600. The van der Waals surface area contributed by atoms with Crippen molar-refractivity contribution in [2.24, 2.45) is 0 Å². The number of hydrogen-bond donors (Lipinski definition) is 3. The Hall–Kier alpha value is -2.08. The SMILES string of the molecule is CCCCCCNC(=O)Nc1ccc2[nH]nc(C3CCN(CC)CC3)c2c1. The van der Waals surface area contributed by atoms with Gasteiger partial charge in [0, 0.05) is 23.5 Å². The van der Waals surface area contributed by atoms with Crippen LogP contribution >= 0.6 is 0 Å². The number of anilines is 1. The molecule has 0 atom stereocenters. The smallest absolute Gasteiger partial charge is 0.319 e. The number of likely N-dealkylation sites (tertiary alicyclic amines) is 1. The van der Waals surface area contributed by atoms with Crippen molar-refractivity contribution >= 4 is 22.6 Å². The van der Waals surface area contributed by atoms with E-state index < -0.39 is 0 Å². The zero-order chi connectivity index (χ0) is 19.1. The maximum Gasteiger partial charge on any atom is 0.319 e. The van der Waals surface area contributed by atoms with E-state index in [1.165, 1.54) is 12.8 Å². The van der Waals surface area contributed by atoms with Crippen LogP contribution in [0.15, 0.2) is 18.2 Å². The highest BCUT2D eigenvalue weighted by Crippen LogP contribution is 2.32. The molecular formula is C21H33N5O. The number of hydrogen-bond acceptors (Lipinski definition) is 3. The lowest BCUT2D eigenvalue weighted by molar-refractivity contribution is 0.221. The van der Waals surface area contributed by atoms with Crippen LogP contribution in [0.3, 0.4) is 0 Å². The molecular weight excluding hydrogens is 338 g/mol. The van der Waals surface area contributed by atoms with Crippen LogP contribution in [-0.4, -0.2) is 47.3 Å². The van der Waals surface area contributed by atoms with E-state index >= 15 is 0 Å². The molecule has 0 radical (unpaired) electrons. The number of nitrogens with zero attached hydrogens (tertiary/aromatic N) is 2. The number of piperidine rings is 1. The van der Waals surface area contributed by atoms with Crippen LogP contribution in [0.4, 0.5) is 10.5 Å². The normalized spacial score (nSPS) is 15.9. The van der Waals surface area contributed by atoms with Crippen molar-refractivity contribution in [1.29, 1.82) is 0 Å². The first-order chi connectivity index (χ1) is 13.2. The van der Waals surface area contributed by atoms with Crippen LogP contribution in [0, 0.1) is 0 Å². The molecule has 2 amide bonds. The first-order valence-corrected chi connectivity index (χ1v) is 10.5. The molecule has 0 spiro atoms. The van der Waals surface area contributed by atoms with Gasteiger partial charge in [0.1, 0.15) is 0 Å². The summed E-state index contributed by atoms with van der Waals surface area (Å²) in [5.74, 6) is 0.490. The number of aromatic nitrogens is 2. The van der Waals surface area contributed by atoms with Gasteiger partial charge in [-0.15, -0.1) is 0 Å². The third kappa shape index (κ3) is 5.22. The predicted molar refractivity (Wildman–Crippen MR) is 111 cm³/mol. The number of aromatic amines is 1. The summed E-state index contributed by atoms with van der Waals surface area (Å²) in [6, 6.07) is 5.86. The Morgan fingerprint density at radius 1 is 1.22 bits per heavy atom. The Morgan fingerprint density at radius 3 is 2.78 bits per heavy atom. The third-order valence-electron chi connectivity index (χ3n) is 5.59. The van der Waals surface area contributed by atoms with Gasteiger partial charge in [-0.2, -0.15) is 5.10 Å². The van der Waals surface area contributed by atoms with Crippen LogP contribution in [0.1, 0.15) is 64.0 Å². The molecule has 0 aliphatic carbocycles. The van der Waals surface area contributed by atoms with Gasteiger partial charge >= 0.3 is 6.03 Å². The second-order valence-corrected chi connectivity index (χ2v) is 7.52. The fraction of sp³-hybridized carbons (Fsp3) is 0.619. The number of amides is 2. The Kier molecular flexibility index (Phi) is 7.10. The van der Waals surface area contributed by atoms with Crippen LogP contribution in [-0.2, 0) is 0 Å². The fourth-order valence-electron chi connectivity index (χ4n) is 3.87. The van der Waals surface area contributed by atoms with Crippen molar-refractivity contribution in [3.8, 4) is 0 Å². The summed E-state index contributed by atoms with van der Waals surface area (Å²) >= 11 is 0. The van der Waals surface area contributed by atoms with Crippen LogP contribution in [0.5, 0.6) is 0 Å². The number of fused-ring (bicyclic) bond motifs is 1. The average Bonchev–Trinajstić information content (AvgIpc) is 3.11. The zero-order valence-corrected chi connectivity index (χ0v) is 16.7. The van der Waals surface area contributed by atoms with Gasteiger partial charge in [-0.3, -0.25) is 5.10 Å². The molecule has 1 saturated heterocycles. The van der Waals surface area contributed by atoms with Crippen molar-refractivity contribution in [1.82, 2.24) is 20.4 Å². The molecule has 1 aromatic heterocycles. The minimum atomic E-state index is -0.132. The molecule has 148 valence electrons. The zero-order valence-electron chi connectivity index (χ0n) is 16.7. The number of carbonyl (C=O) groups is 1. The van der Waals surface area contributed by atoms with Gasteiger partial charge in [0.15, 0.2) is 0 Å². The minimum Gasteiger partial charge on any atom is -0.338 e. The number of benzene rings is 1. The highest BCUT2D eigenvalue weighted by Gasteiger charge is 2.23. The predicted octanol–water partition coefficient (Wildman–Crippen LogP) is 4.46. The average molecular weight is 372 g/mol. The van der Waals surface area contributed by atoms with E-state index in [-0.39, 0.29) is 6.03 Å². The lowest BCUT2D eigenvalue weighted by Gasteiger charge is -2.30. The summed E-state index contributed by atoms with van der Waals surface area (Å²) in [6.45, 7) is 8.52.